The van der Waals surface area contributed by atoms with E-state index in [1.807, 2.05) is 6.92 Å². The van der Waals surface area contributed by atoms with Crippen molar-refractivity contribution in [1.29, 1.82) is 0 Å². The van der Waals surface area contributed by atoms with E-state index in [2.05, 4.69) is 15.3 Å². The van der Waals surface area contributed by atoms with Crippen molar-refractivity contribution < 1.29 is 13.2 Å². The summed E-state index contributed by atoms with van der Waals surface area (Å²) < 4.78 is 26.6. The fraction of sp³-hybridized carbons (Fsp3) is 0.450. The molecule has 0 saturated carbocycles. The van der Waals surface area contributed by atoms with Gasteiger partial charge >= 0.3 is 0 Å². The first kappa shape index (κ1) is 22.5. The highest BCUT2D eigenvalue weighted by Crippen LogP contribution is 2.23. The lowest BCUT2D eigenvalue weighted by atomic mass is 10.2. The van der Waals surface area contributed by atoms with E-state index in [0.717, 1.165) is 19.3 Å². The molecule has 1 atom stereocenters. The van der Waals surface area contributed by atoms with E-state index < -0.39 is 15.3 Å². The van der Waals surface area contributed by atoms with Crippen LogP contribution in [0.4, 0.5) is 5.69 Å². The number of nitrogens with one attached hydrogen (secondary N) is 2. The molecule has 0 radical (unpaired) electrons. The Morgan fingerprint density at radius 1 is 1.27 bits per heavy atom. The van der Waals surface area contributed by atoms with E-state index in [1.165, 1.54) is 34.3 Å². The SMILES string of the molecule is CCCc1cc(=O)[nH]c(SC(C)C(=O)Nc2ccc(S(=O)(=O)N3CCCC3)cc2)n1. The van der Waals surface area contributed by atoms with Crippen molar-refractivity contribution in [3.8, 4) is 0 Å². The van der Waals surface area contributed by atoms with E-state index in [4.69, 9.17) is 0 Å². The van der Waals surface area contributed by atoms with Crippen LogP contribution in [0, 0.1) is 0 Å². The smallest absolute Gasteiger partial charge is 0.251 e. The van der Waals surface area contributed by atoms with Gasteiger partial charge in [0.05, 0.1) is 10.1 Å². The van der Waals surface area contributed by atoms with Crippen LogP contribution in [0.15, 0.2) is 45.2 Å². The summed E-state index contributed by atoms with van der Waals surface area (Å²) in [6, 6.07) is 7.65. The zero-order valence-corrected chi connectivity index (χ0v) is 18.7. The maximum Gasteiger partial charge on any atom is 0.251 e. The van der Waals surface area contributed by atoms with E-state index in [9.17, 15) is 18.0 Å². The largest absolute Gasteiger partial charge is 0.325 e. The molecule has 1 saturated heterocycles. The van der Waals surface area contributed by atoms with Crippen molar-refractivity contribution in [2.24, 2.45) is 0 Å². The fourth-order valence-electron chi connectivity index (χ4n) is 3.18. The molecular weight excluding hydrogens is 424 g/mol. The lowest BCUT2D eigenvalue weighted by Gasteiger charge is -2.16. The molecule has 1 fully saturated rings. The summed E-state index contributed by atoms with van der Waals surface area (Å²) in [6.45, 7) is 4.82. The van der Waals surface area contributed by atoms with Gasteiger partial charge in [-0.15, -0.1) is 0 Å². The van der Waals surface area contributed by atoms with Gasteiger partial charge in [0.15, 0.2) is 5.16 Å². The summed E-state index contributed by atoms with van der Waals surface area (Å²) >= 11 is 1.17. The summed E-state index contributed by atoms with van der Waals surface area (Å²) in [5, 5.41) is 2.68. The number of carbonyl (C=O) groups is 1. The zero-order chi connectivity index (χ0) is 21.7. The van der Waals surface area contributed by atoms with Crippen LogP contribution in [0.3, 0.4) is 0 Å². The topological polar surface area (TPSA) is 112 Å². The highest BCUT2D eigenvalue weighted by Gasteiger charge is 2.27. The minimum absolute atomic E-state index is 0.222. The van der Waals surface area contributed by atoms with Gasteiger partial charge in [0.1, 0.15) is 0 Å². The molecule has 0 bridgehead atoms. The minimum Gasteiger partial charge on any atom is -0.325 e. The maximum atomic E-state index is 12.6. The van der Waals surface area contributed by atoms with Crippen molar-refractivity contribution in [3.63, 3.8) is 0 Å². The summed E-state index contributed by atoms with van der Waals surface area (Å²) in [5.41, 5.74) is 0.971. The Bertz CT molecular complexity index is 1050. The van der Waals surface area contributed by atoms with Crippen LogP contribution >= 0.6 is 11.8 Å². The molecule has 2 aromatic rings. The molecule has 10 heteroatoms. The number of anilines is 1. The van der Waals surface area contributed by atoms with Crippen molar-refractivity contribution in [2.75, 3.05) is 18.4 Å². The zero-order valence-electron chi connectivity index (χ0n) is 17.1. The Labute approximate surface area is 180 Å². The molecule has 1 amide bonds. The minimum atomic E-state index is -3.48. The van der Waals surface area contributed by atoms with Crippen LogP contribution in [0.5, 0.6) is 0 Å². The monoisotopic (exact) mass is 450 g/mol. The van der Waals surface area contributed by atoms with Crippen molar-refractivity contribution in [2.45, 2.75) is 54.8 Å². The average molecular weight is 451 g/mol. The normalized spacial score (nSPS) is 15.8. The Morgan fingerprint density at radius 3 is 2.57 bits per heavy atom. The number of aryl methyl sites for hydroxylation is 1. The van der Waals surface area contributed by atoms with Crippen molar-refractivity contribution >= 4 is 33.4 Å². The van der Waals surface area contributed by atoms with Crippen LogP contribution in [-0.2, 0) is 21.2 Å². The number of aromatic amines is 1. The lowest BCUT2D eigenvalue weighted by Crippen LogP contribution is -2.28. The van der Waals surface area contributed by atoms with Gasteiger partial charge in [0, 0.05) is 30.5 Å². The number of H-pyrrole nitrogens is 1. The third kappa shape index (κ3) is 5.50. The Kier molecular flexibility index (Phi) is 7.32. The van der Waals surface area contributed by atoms with Crippen molar-refractivity contribution in [3.05, 3.63) is 46.4 Å². The molecule has 3 rings (SSSR count). The molecule has 1 aliphatic heterocycles. The predicted octanol–water partition coefficient (Wildman–Crippen LogP) is 2.63. The molecule has 162 valence electrons. The van der Waals surface area contributed by atoms with E-state index >= 15 is 0 Å². The Hall–Kier alpha value is -2.17. The van der Waals surface area contributed by atoms with Crippen LogP contribution in [-0.4, -0.2) is 46.9 Å². The van der Waals surface area contributed by atoms with Gasteiger partial charge in [0.25, 0.3) is 5.56 Å². The second kappa shape index (κ2) is 9.76. The highest BCUT2D eigenvalue weighted by atomic mass is 32.2. The number of hydrogen-bond acceptors (Lipinski definition) is 6. The average Bonchev–Trinajstić information content (AvgIpc) is 3.24. The van der Waals surface area contributed by atoms with Gasteiger partial charge in [-0.05, 0) is 50.5 Å². The number of thioether (sulfide) groups is 1. The first-order chi connectivity index (χ1) is 14.3. The number of aromatic nitrogens is 2. The Morgan fingerprint density at radius 2 is 1.93 bits per heavy atom. The molecule has 1 unspecified atom stereocenters. The second-order valence-corrected chi connectivity index (χ2v) is 10.4. The van der Waals surface area contributed by atoms with E-state index in [1.54, 1.807) is 19.1 Å². The summed E-state index contributed by atoms with van der Waals surface area (Å²) in [5.74, 6) is -0.265. The molecule has 8 nitrogen and oxygen atoms in total. The summed E-state index contributed by atoms with van der Waals surface area (Å²) in [6.07, 6.45) is 3.33. The lowest BCUT2D eigenvalue weighted by molar-refractivity contribution is -0.115. The van der Waals surface area contributed by atoms with E-state index in [-0.39, 0.29) is 16.4 Å². The highest BCUT2D eigenvalue weighted by molar-refractivity contribution is 8.00. The van der Waals surface area contributed by atoms with Crippen LogP contribution in [0.1, 0.15) is 38.8 Å². The van der Waals surface area contributed by atoms with Gasteiger partial charge in [-0.25, -0.2) is 13.4 Å². The molecule has 1 aliphatic rings. The standard InChI is InChI=1S/C20H26N4O4S2/c1-3-6-16-13-18(25)23-20(22-16)29-14(2)19(26)21-15-7-9-17(10-8-15)30(27,28)24-11-4-5-12-24/h7-10,13-14H,3-6,11-12H2,1-2H3,(H,21,26)(H,22,23,25). The Balaban J connectivity index is 1.63. The molecule has 30 heavy (non-hydrogen) atoms. The van der Waals surface area contributed by atoms with E-state index in [0.29, 0.717) is 36.0 Å². The number of hydrogen-bond donors (Lipinski definition) is 2. The number of carbonyl (C=O) groups excluding carboxylic acids is 1. The summed E-state index contributed by atoms with van der Waals surface area (Å²) in [4.78, 5) is 31.6. The fourth-order valence-corrected chi connectivity index (χ4v) is 5.52. The van der Waals surface area contributed by atoms with Crippen LogP contribution in [0.2, 0.25) is 0 Å². The predicted molar refractivity (Wildman–Crippen MR) is 117 cm³/mol. The number of benzene rings is 1. The maximum absolute atomic E-state index is 12.6. The number of amides is 1. The van der Waals surface area contributed by atoms with Gasteiger partial charge in [-0.3, -0.25) is 9.59 Å². The number of nitrogens with zero attached hydrogens (tertiary/aromatic N) is 2. The molecule has 2 heterocycles. The molecule has 0 aliphatic carbocycles. The molecular formula is C20H26N4O4S2. The second-order valence-electron chi connectivity index (χ2n) is 7.18. The van der Waals surface area contributed by atoms with Gasteiger partial charge in [0.2, 0.25) is 15.9 Å². The molecule has 1 aromatic heterocycles. The quantitative estimate of drug-likeness (QED) is 0.472. The van der Waals surface area contributed by atoms with Gasteiger partial charge < -0.3 is 10.3 Å². The van der Waals surface area contributed by atoms with Crippen LogP contribution in [0.25, 0.3) is 0 Å². The van der Waals surface area contributed by atoms with Gasteiger partial charge in [-0.1, -0.05) is 25.1 Å². The molecule has 2 N–H and O–H groups in total. The number of rotatable bonds is 8. The first-order valence-electron chi connectivity index (χ1n) is 9.97. The van der Waals surface area contributed by atoms with Gasteiger partial charge in [-0.2, -0.15) is 4.31 Å². The van der Waals surface area contributed by atoms with Crippen LogP contribution < -0.4 is 10.9 Å². The summed E-state index contributed by atoms with van der Waals surface area (Å²) in [7, 11) is -3.48. The molecule has 1 aromatic carbocycles. The first-order valence-corrected chi connectivity index (χ1v) is 12.3. The molecule has 0 spiro atoms. The third-order valence-corrected chi connectivity index (χ3v) is 7.66. The number of sulfonamides is 1. The van der Waals surface area contributed by atoms with Crippen molar-refractivity contribution in [1.82, 2.24) is 14.3 Å². The third-order valence-electron chi connectivity index (χ3n) is 4.76.